The maximum atomic E-state index is 9.59. The zero-order valence-corrected chi connectivity index (χ0v) is 10.2. The third-order valence-electron chi connectivity index (χ3n) is 3.62. The first-order chi connectivity index (χ1) is 7.63. The fourth-order valence-corrected chi connectivity index (χ4v) is 2.63. The number of aryl methyl sites for hydroxylation is 1. The van der Waals surface area contributed by atoms with Gasteiger partial charge in [-0.15, -0.1) is 0 Å². The maximum Gasteiger partial charge on any atom is 0.0661 e. The monoisotopic (exact) mass is 219 g/mol. The van der Waals surface area contributed by atoms with Crippen molar-refractivity contribution in [3.8, 4) is 0 Å². The van der Waals surface area contributed by atoms with Crippen molar-refractivity contribution in [3.63, 3.8) is 0 Å². The minimum absolute atomic E-state index is 0.0886. The fraction of sp³-hybridized carbons (Fsp3) is 0.571. The van der Waals surface area contributed by atoms with Crippen LogP contribution in [0, 0.1) is 12.8 Å². The van der Waals surface area contributed by atoms with Gasteiger partial charge in [0.25, 0.3) is 0 Å². The van der Waals surface area contributed by atoms with Crippen LogP contribution >= 0.6 is 0 Å². The standard InChI is InChI=1S/C14H21NO/c1-11-3-5-13(6-4-11)15-14(10-16)8-7-12(2)9-14/h3-6,12,15-16H,7-10H2,1-2H3. The van der Waals surface area contributed by atoms with Gasteiger partial charge in [0.1, 0.15) is 0 Å². The van der Waals surface area contributed by atoms with E-state index in [0.29, 0.717) is 5.92 Å². The second-order valence-corrected chi connectivity index (χ2v) is 5.28. The molecule has 16 heavy (non-hydrogen) atoms. The second kappa shape index (κ2) is 4.46. The number of hydrogen-bond donors (Lipinski definition) is 2. The van der Waals surface area contributed by atoms with E-state index in [1.807, 2.05) is 0 Å². The molecule has 1 aromatic carbocycles. The van der Waals surface area contributed by atoms with Crippen LogP contribution in [0.1, 0.15) is 31.7 Å². The largest absolute Gasteiger partial charge is 0.394 e. The summed E-state index contributed by atoms with van der Waals surface area (Å²) in [5, 5.41) is 13.1. The van der Waals surface area contributed by atoms with Gasteiger partial charge in [-0.05, 0) is 44.2 Å². The molecule has 2 nitrogen and oxygen atoms in total. The summed E-state index contributed by atoms with van der Waals surface area (Å²) in [4.78, 5) is 0. The van der Waals surface area contributed by atoms with E-state index in [4.69, 9.17) is 0 Å². The Balaban J connectivity index is 2.10. The molecule has 88 valence electrons. The van der Waals surface area contributed by atoms with Gasteiger partial charge in [0.15, 0.2) is 0 Å². The zero-order valence-electron chi connectivity index (χ0n) is 10.2. The van der Waals surface area contributed by atoms with Crippen LogP contribution in [0.4, 0.5) is 5.69 Å². The first-order valence-corrected chi connectivity index (χ1v) is 6.09. The summed E-state index contributed by atoms with van der Waals surface area (Å²) in [7, 11) is 0. The van der Waals surface area contributed by atoms with E-state index in [1.165, 1.54) is 12.0 Å². The van der Waals surface area contributed by atoms with Gasteiger partial charge in [-0.1, -0.05) is 24.6 Å². The van der Waals surface area contributed by atoms with Crippen molar-refractivity contribution < 1.29 is 5.11 Å². The molecule has 1 aromatic rings. The zero-order chi connectivity index (χ0) is 11.6. The first kappa shape index (κ1) is 11.5. The van der Waals surface area contributed by atoms with E-state index in [0.717, 1.165) is 18.5 Å². The molecule has 2 unspecified atom stereocenters. The summed E-state index contributed by atoms with van der Waals surface area (Å²) in [6.45, 7) is 4.57. The minimum Gasteiger partial charge on any atom is -0.394 e. The Morgan fingerprint density at radius 1 is 1.38 bits per heavy atom. The first-order valence-electron chi connectivity index (χ1n) is 6.09. The molecular weight excluding hydrogens is 198 g/mol. The molecule has 0 spiro atoms. The number of aliphatic hydroxyl groups is 1. The summed E-state index contributed by atoms with van der Waals surface area (Å²) in [6.07, 6.45) is 3.34. The number of anilines is 1. The normalized spacial score (nSPS) is 29.3. The molecule has 0 aromatic heterocycles. The molecule has 2 atom stereocenters. The average Bonchev–Trinajstić information content (AvgIpc) is 2.64. The van der Waals surface area contributed by atoms with Crippen LogP contribution in [0.2, 0.25) is 0 Å². The summed E-state index contributed by atoms with van der Waals surface area (Å²) < 4.78 is 0. The third kappa shape index (κ3) is 2.38. The van der Waals surface area contributed by atoms with Crippen LogP contribution in [0.15, 0.2) is 24.3 Å². The van der Waals surface area contributed by atoms with Crippen LogP contribution in [0.5, 0.6) is 0 Å². The van der Waals surface area contributed by atoms with Gasteiger partial charge in [-0.2, -0.15) is 0 Å². The van der Waals surface area contributed by atoms with E-state index >= 15 is 0 Å². The lowest BCUT2D eigenvalue weighted by Gasteiger charge is -2.29. The second-order valence-electron chi connectivity index (χ2n) is 5.28. The van der Waals surface area contributed by atoms with Gasteiger partial charge in [-0.3, -0.25) is 0 Å². The van der Waals surface area contributed by atoms with Crippen molar-refractivity contribution in [1.29, 1.82) is 0 Å². The highest BCUT2D eigenvalue weighted by molar-refractivity contribution is 5.47. The number of aliphatic hydroxyl groups excluding tert-OH is 1. The number of benzene rings is 1. The van der Waals surface area contributed by atoms with Gasteiger partial charge in [-0.25, -0.2) is 0 Å². The number of hydrogen-bond acceptors (Lipinski definition) is 2. The van der Waals surface area contributed by atoms with Crippen LogP contribution in [-0.4, -0.2) is 17.3 Å². The lowest BCUT2D eigenvalue weighted by molar-refractivity contribution is 0.211. The van der Waals surface area contributed by atoms with Gasteiger partial charge in [0.05, 0.1) is 12.1 Å². The van der Waals surface area contributed by atoms with Crippen molar-refractivity contribution in [3.05, 3.63) is 29.8 Å². The topological polar surface area (TPSA) is 32.3 Å². The molecule has 0 heterocycles. The number of rotatable bonds is 3. The summed E-state index contributed by atoms with van der Waals surface area (Å²) >= 11 is 0. The fourth-order valence-electron chi connectivity index (χ4n) is 2.63. The third-order valence-corrected chi connectivity index (χ3v) is 3.62. The molecule has 0 aliphatic heterocycles. The SMILES string of the molecule is Cc1ccc(NC2(CO)CCC(C)C2)cc1. The average molecular weight is 219 g/mol. The lowest BCUT2D eigenvalue weighted by Crippen LogP contribution is -2.39. The van der Waals surface area contributed by atoms with E-state index in [-0.39, 0.29) is 12.1 Å². The highest BCUT2D eigenvalue weighted by atomic mass is 16.3. The molecular formula is C14H21NO. The van der Waals surface area contributed by atoms with E-state index in [1.54, 1.807) is 0 Å². The van der Waals surface area contributed by atoms with Crippen molar-refractivity contribution in [1.82, 2.24) is 0 Å². The molecule has 1 aliphatic rings. The van der Waals surface area contributed by atoms with Crippen LogP contribution in [0.25, 0.3) is 0 Å². The molecule has 1 aliphatic carbocycles. The molecule has 2 rings (SSSR count). The van der Waals surface area contributed by atoms with E-state index < -0.39 is 0 Å². The Kier molecular flexibility index (Phi) is 3.20. The molecule has 2 N–H and O–H groups in total. The summed E-state index contributed by atoms with van der Waals surface area (Å²) in [6, 6.07) is 8.39. The van der Waals surface area contributed by atoms with Crippen LogP contribution in [0.3, 0.4) is 0 Å². The van der Waals surface area contributed by atoms with Crippen molar-refractivity contribution in [2.24, 2.45) is 5.92 Å². The van der Waals surface area contributed by atoms with Gasteiger partial charge >= 0.3 is 0 Å². The van der Waals surface area contributed by atoms with Gasteiger partial charge in [0.2, 0.25) is 0 Å². The van der Waals surface area contributed by atoms with E-state index in [9.17, 15) is 5.11 Å². The highest BCUT2D eigenvalue weighted by Gasteiger charge is 2.36. The Bertz CT molecular complexity index is 346. The predicted molar refractivity (Wildman–Crippen MR) is 67.6 cm³/mol. The number of nitrogens with one attached hydrogen (secondary N) is 1. The Morgan fingerprint density at radius 2 is 2.06 bits per heavy atom. The predicted octanol–water partition coefficient (Wildman–Crippen LogP) is 2.96. The van der Waals surface area contributed by atoms with Gasteiger partial charge in [0, 0.05) is 5.69 Å². The van der Waals surface area contributed by atoms with E-state index in [2.05, 4.69) is 43.4 Å². The smallest absolute Gasteiger partial charge is 0.0661 e. The Morgan fingerprint density at radius 3 is 2.56 bits per heavy atom. The molecule has 0 saturated heterocycles. The van der Waals surface area contributed by atoms with Crippen LogP contribution in [-0.2, 0) is 0 Å². The molecule has 0 radical (unpaired) electrons. The quantitative estimate of drug-likeness (QED) is 0.819. The molecule has 0 amide bonds. The summed E-state index contributed by atoms with van der Waals surface area (Å²) in [5.74, 6) is 0.713. The Hall–Kier alpha value is -1.02. The van der Waals surface area contributed by atoms with Gasteiger partial charge < -0.3 is 10.4 Å². The van der Waals surface area contributed by atoms with Crippen molar-refractivity contribution >= 4 is 5.69 Å². The minimum atomic E-state index is -0.0886. The Labute approximate surface area is 97.7 Å². The molecule has 1 fully saturated rings. The van der Waals surface area contributed by atoms with Crippen LogP contribution < -0.4 is 5.32 Å². The highest BCUT2D eigenvalue weighted by Crippen LogP contribution is 2.36. The maximum absolute atomic E-state index is 9.59. The lowest BCUT2D eigenvalue weighted by atomic mass is 9.96. The molecule has 1 saturated carbocycles. The summed E-state index contributed by atoms with van der Waals surface area (Å²) in [5.41, 5.74) is 2.30. The molecule has 2 heteroatoms. The van der Waals surface area contributed by atoms with Crippen molar-refractivity contribution in [2.75, 3.05) is 11.9 Å². The molecule has 0 bridgehead atoms. The van der Waals surface area contributed by atoms with Crippen molar-refractivity contribution in [2.45, 2.75) is 38.6 Å².